The van der Waals surface area contributed by atoms with Gasteiger partial charge in [-0.3, -0.25) is 0 Å². The van der Waals surface area contributed by atoms with Crippen LogP contribution in [0.3, 0.4) is 0 Å². The Morgan fingerprint density at radius 1 is 1.06 bits per heavy atom. The molecule has 0 fully saturated rings. The fourth-order valence-electron chi connectivity index (χ4n) is 3.64. The Balaban J connectivity index is 1.46. The van der Waals surface area contributed by atoms with Crippen molar-refractivity contribution in [2.45, 2.75) is 45.0 Å². The van der Waals surface area contributed by atoms with Gasteiger partial charge < -0.3 is 5.73 Å². The molecule has 2 unspecified atom stereocenters. The minimum atomic E-state index is -0.505. The summed E-state index contributed by atoms with van der Waals surface area (Å²) in [4.78, 5) is 9.70. The summed E-state index contributed by atoms with van der Waals surface area (Å²) < 4.78 is 28.6. The second-order valence-electron chi connectivity index (χ2n) is 7.94. The molecule has 0 amide bonds. The maximum Gasteiger partial charge on any atom is 0.229 e. The lowest BCUT2D eigenvalue weighted by atomic mass is 10.1. The van der Waals surface area contributed by atoms with Crippen LogP contribution < -0.4 is 10.7 Å². The fraction of sp³-hybridized carbons (Fsp3) is 0.318. The smallest absolute Gasteiger partial charge is 0.229 e. The van der Waals surface area contributed by atoms with Gasteiger partial charge in [0.1, 0.15) is 32.8 Å². The van der Waals surface area contributed by atoms with Crippen LogP contribution >= 0.6 is 45.8 Å². The maximum absolute atomic E-state index is 14.6. The molecule has 0 spiro atoms. The monoisotopic (exact) mass is 549 g/mol. The van der Waals surface area contributed by atoms with E-state index in [2.05, 4.69) is 20.2 Å². The summed E-state index contributed by atoms with van der Waals surface area (Å²) in [6.45, 7) is 5.69. The highest BCUT2D eigenvalue weighted by atomic mass is 32.2. The molecule has 1 aliphatic rings. The number of thioether (sulfide) groups is 1. The molecule has 0 aliphatic carbocycles. The third kappa shape index (κ3) is 5.14. The van der Waals surface area contributed by atoms with Gasteiger partial charge in [0.2, 0.25) is 5.13 Å². The summed E-state index contributed by atoms with van der Waals surface area (Å²) in [6, 6.07) is 3.25. The van der Waals surface area contributed by atoms with Crippen LogP contribution in [0, 0.1) is 32.4 Å². The number of benzene rings is 1. The SMILES string of the molecule is Cc1nc(C(N)CCC2SC(c3nc(C)sc3-c3cc(F)ccc3F)=NN2c2nnc(C)s2)cs1. The highest BCUT2D eigenvalue weighted by Gasteiger charge is 2.34. The standard InChI is InChI=1S/C22H21F2N7S4/c1-10-26-17(9-32-10)16(25)6-7-18-31(22-29-28-12(3)34-22)30-21(35-18)19-20(33-11(2)27-19)14-8-13(23)4-5-15(14)24/h4-5,8-9,16,18H,6-7,25H2,1-3H3. The number of anilines is 1. The van der Waals surface area contributed by atoms with Gasteiger partial charge in [-0.05, 0) is 51.8 Å². The van der Waals surface area contributed by atoms with E-state index in [9.17, 15) is 8.78 Å². The zero-order valence-electron chi connectivity index (χ0n) is 19.0. The van der Waals surface area contributed by atoms with E-state index in [0.717, 1.165) is 32.8 Å². The highest BCUT2D eigenvalue weighted by Crippen LogP contribution is 2.42. The lowest BCUT2D eigenvalue weighted by Crippen LogP contribution is -2.25. The van der Waals surface area contributed by atoms with Crippen LogP contribution in [0.5, 0.6) is 0 Å². The number of aromatic nitrogens is 4. The molecule has 1 aromatic carbocycles. The number of rotatable bonds is 7. The summed E-state index contributed by atoms with van der Waals surface area (Å²) in [6.07, 6.45) is 1.40. The Labute approximate surface area is 217 Å². The molecule has 0 saturated heterocycles. The third-order valence-electron chi connectivity index (χ3n) is 5.28. The Bertz CT molecular complexity index is 1400. The van der Waals surface area contributed by atoms with Gasteiger partial charge in [-0.15, -0.1) is 32.9 Å². The van der Waals surface area contributed by atoms with Crippen molar-refractivity contribution in [1.29, 1.82) is 0 Å². The average molecular weight is 550 g/mol. The second kappa shape index (κ2) is 9.97. The third-order valence-corrected chi connectivity index (χ3v) is 9.11. The normalized spacial score (nSPS) is 16.7. The van der Waals surface area contributed by atoms with Gasteiger partial charge in [-0.25, -0.2) is 23.8 Å². The molecule has 0 radical (unpaired) electrons. The van der Waals surface area contributed by atoms with Gasteiger partial charge in [0.05, 0.1) is 20.6 Å². The number of thiazole rings is 2. The number of hydrogen-bond acceptors (Lipinski definition) is 11. The van der Waals surface area contributed by atoms with Crippen molar-refractivity contribution in [2.75, 3.05) is 5.01 Å². The van der Waals surface area contributed by atoms with Crippen molar-refractivity contribution in [3.05, 3.63) is 61.6 Å². The molecule has 5 rings (SSSR count). The van der Waals surface area contributed by atoms with Crippen molar-refractivity contribution in [3.63, 3.8) is 0 Å². The summed E-state index contributed by atoms with van der Waals surface area (Å²) in [5.74, 6) is -1.01. The number of nitrogens with zero attached hydrogens (tertiary/aromatic N) is 6. The van der Waals surface area contributed by atoms with Crippen molar-refractivity contribution in [1.82, 2.24) is 20.2 Å². The van der Waals surface area contributed by atoms with Crippen LogP contribution in [0.15, 0.2) is 28.7 Å². The largest absolute Gasteiger partial charge is 0.323 e. The van der Waals surface area contributed by atoms with Crippen LogP contribution in [0.1, 0.15) is 45.3 Å². The second-order valence-corrected chi connectivity index (χ2v) is 12.5. The van der Waals surface area contributed by atoms with E-state index < -0.39 is 11.6 Å². The number of halogens is 2. The van der Waals surface area contributed by atoms with Gasteiger partial charge in [0, 0.05) is 17.0 Å². The Morgan fingerprint density at radius 3 is 2.60 bits per heavy atom. The molecule has 1 aliphatic heterocycles. The van der Waals surface area contributed by atoms with E-state index in [4.69, 9.17) is 10.8 Å². The maximum atomic E-state index is 14.6. The number of hydrogen-bond donors (Lipinski definition) is 1. The molecule has 35 heavy (non-hydrogen) atoms. The minimum absolute atomic E-state index is 0.102. The van der Waals surface area contributed by atoms with Crippen LogP contribution in [0.25, 0.3) is 10.4 Å². The molecule has 2 atom stereocenters. The molecule has 0 saturated carbocycles. The topological polar surface area (TPSA) is 93.2 Å². The molecule has 7 nitrogen and oxygen atoms in total. The van der Waals surface area contributed by atoms with Gasteiger partial charge in [0.15, 0.2) is 0 Å². The summed E-state index contributed by atoms with van der Waals surface area (Å²) in [5, 5.41) is 20.8. The van der Waals surface area contributed by atoms with Gasteiger partial charge in [-0.1, -0.05) is 23.1 Å². The van der Waals surface area contributed by atoms with Crippen LogP contribution in [-0.4, -0.2) is 30.6 Å². The van der Waals surface area contributed by atoms with Crippen LogP contribution in [0.4, 0.5) is 13.9 Å². The van der Waals surface area contributed by atoms with Crippen LogP contribution in [0.2, 0.25) is 0 Å². The summed E-state index contributed by atoms with van der Waals surface area (Å²) in [5.41, 5.74) is 8.02. The van der Waals surface area contributed by atoms with E-state index in [0.29, 0.717) is 33.6 Å². The summed E-state index contributed by atoms with van der Waals surface area (Å²) in [7, 11) is 0. The Hall–Kier alpha value is -2.32. The predicted molar refractivity (Wildman–Crippen MR) is 140 cm³/mol. The predicted octanol–water partition coefficient (Wildman–Crippen LogP) is 6.04. The highest BCUT2D eigenvalue weighted by molar-refractivity contribution is 8.15. The lowest BCUT2D eigenvalue weighted by molar-refractivity contribution is 0.578. The van der Waals surface area contributed by atoms with Crippen molar-refractivity contribution >= 4 is 55.9 Å². The average Bonchev–Trinajstić information content (AvgIpc) is 3.60. The van der Waals surface area contributed by atoms with E-state index >= 15 is 0 Å². The van der Waals surface area contributed by atoms with E-state index in [1.807, 2.05) is 31.2 Å². The van der Waals surface area contributed by atoms with E-state index in [-0.39, 0.29) is 17.0 Å². The first kappa shape index (κ1) is 24.4. The Kier molecular flexibility index (Phi) is 6.95. The van der Waals surface area contributed by atoms with Gasteiger partial charge in [-0.2, -0.15) is 5.10 Å². The molecule has 3 aromatic heterocycles. The molecule has 4 heterocycles. The number of hydrazone groups is 1. The van der Waals surface area contributed by atoms with E-state index in [1.165, 1.54) is 40.5 Å². The molecular formula is C22H21F2N7S4. The first-order valence-electron chi connectivity index (χ1n) is 10.7. The molecule has 182 valence electrons. The lowest BCUT2D eigenvalue weighted by Gasteiger charge is -2.20. The molecule has 4 aromatic rings. The minimum Gasteiger partial charge on any atom is -0.323 e. The zero-order chi connectivity index (χ0) is 24.7. The number of aryl methyl sites for hydroxylation is 3. The van der Waals surface area contributed by atoms with E-state index in [1.54, 1.807) is 11.3 Å². The Morgan fingerprint density at radius 2 is 1.89 bits per heavy atom. The molecular weight excluding hydrogens is 529 g/mol. The van der Waals surface area contributed by atoms with Gasteiger partial charge in [0.25, 0.3) is 0 Å². The number of nitrogens with two attached hydrogens (primary N) is 1. The van der Waals surface area contributed by atoms with Crippen molar-refractivity contribution < 1.29 is 8.78 Å². The van der Waals surface area contributed by atoms with Crippen LogP contribution in [-0.2, 0) is 0 Å². The fourth-order valence-corrected chi connectivity index (χ4v) is 7.23. The molecule has 0 bridgehead atoms. The zero-order valence-corrected chi connectivity index (χ0v) is 22.3. The first-order chi connectivity index (χ1) is 16.8. The van der Waals surface area contributed by atoms with Crippen molar-refractivity contribution in [3.8, 4) is 10.4 Å². The molecule has 2 N–H and O–H groups in total. The quantitative estimate of drug-likeness (QED) is 0.300. The molecule has 13 heteroatoms. The van der Waals surface area contributed by atoms with Gasteiger partial charge >= 0.3 is 0 Å². The summed E-state index contributed by atoms with van der Waals surface area (Å²) >= 11 is 5.86. The first-order valence-corrected chi connectivity index (χ1v) is 14.1. The van der Waals surface area contributed by atoms with Crippen molar-refractivity contribution in [2.24, 2.45) is 10.8 Å².